The first-order valence-electron chi connectivity index (χ1n) is 9.47. The van der Waals surface area contributed by atoms with E-state index in [1.807, 2.05) is 17.5 Å². The van der Waals surface area contributed by atoms with Crippen molar-refractivity contribution in [2.24, 2.45) is 5.41 Å². The molecule has 3 aliphatic rings. The quantitative estimate of drug-likeness (QED) is 0.810. The van der Waals surface area contributed by atoms with Crippen LogP contribution >= 0.6 is 11.3 Å². The second-order valence-electron chi connectivity index (χ2n) is 7.86. The molecule has 6 heteroatoms. The minimum absolute atomic E-state index is 0.0371. The van der Waals surface area contributed by atoms with Gasteiger partial charge in [0.25, 0.3) is 0 Å². The van der Waals surface area contributed by atoms with Crippen molar-refractivity contribution in [3.8, 4) is 0 Å². The number of hydrogen-bond donors (Lipinski definition) is 1. The molecule has 0 bridgehead atoms. The van der Waals surface area contributed by atoms with Crippen molar-refractivity contribution in [1.29, 1.82) is 0 Å². The summed E-state index contributed by atoms with van der Waals surface area (Å²) < 4.78 is 0. The van der Waals surface area contributed by atoms with Crippen LogP contribution in [0.3, 0.4) is 0 Å². The Balaban J connectivity index is 1.31. The molecule has 1 aromatic rings. The molecule has 1 saturated carbocycles. The standard InChI is InChI=1S/C19H27N3O2S/c23-17-6-5-16(22(17)12-15-4-3-11-25-15)18(24)20-13-19(7-8-19)14-21-9-1-2-10-21/h3-4,11,16H,1-2,5-10,12-14H2,(H,20,24). The van der Waals surface area contributed by atoms with Crippen LogP contribution in [0.4, 0.5) is 0 Å². The first-order chi connectivity index (χ1) is 12.2. The van der Waals surface area contributed by atoms with Gasteiger partial charge < -0.3 is 15.1 Å². The summed E-state index contributed by atoms with van der Waals surface area (Å²) in [6, 6.07) is 3.72. The Hall–Kier alpha value is -1.40. The number of rotatable bonds is 7. The maximum absolute atomic E-state index is 12.7. The van der Waals surface area contributed by atoms with Crippen molar-refractivity contribution in [3.63, 3.8) is 0 Å². The molecule has 3 heterocycles. The average Bonchev–Trinajstić information content (AvgIpc) is 3.04. The molecule has 0 spiro atoms. The lowest BCUT2D eigenvalue weighted by atomic mass is 10.1. The number of carbonyl (C=O) groups is 2. The van der Waals surface area contributed by atoms with Crippen molar-refractivity contribution in [3.05, 3.63) is 22.4 Å². The van der Waals surface area contributed by atoms with Crippen LogP contribution in [0, 0.1) is 5.41 Å². The van der Waals surface area contributed by atoms with E-state index in [1.165, 1.54) is 38.8 Å². The summed E-state index contributed by atoms with van der Waals surface area (Å²) >= 11 is 1.64. The number of thiophene rings is 1. The Morgan fingerprint density at radius 2 is 2.12 bits per heavy atom. The molecule has 2 amide bonds. The first kappa shape index (κ1) is 17.0. The molecule has 1 atom stereocenters. The molecule has 136 valence electrons. The average molecular weight is 362 g/mol. The molecule has 1 unspecified atom stereocenters. The number of carbonyl (C=O) groups excluding carboxylic acids is 2. The Bertz CT molecular complexity index is 621. The summed E-state index contributed by atoms with van der Waals surface area (Å²) in [7, 11) is 0. The summed E-state index contributed by atoms with van der Waals surface area (Å²) in [6.45, 7) is 4.87. The van der Waals surface area contributed by atoms with Gasteiger partial charge in [-0.25, -0.2) is 0 Å². The van der Waals surface area contributed by atoms with Crippen molar-refractivity contribution in [2.75, 3.05) is 26.2 Å². The SMILES string of the molecule is O=C(NCC1(CN2CCCC2)CC1)C1CCC(=O)N1Cc1cccs1. The van der Waals surface area contributed by atoms with Crippen LogP contribution < -0.4 is 5.32 Å². The van der Waals surface area contributed by atoms with Crippen molar-refractivity contribution in [2.45, 2.75) is 51.1 Å². The highest BCUT2D eigenvalue weighted by molar-refractivity contribution is 7.09. The summed E-state index contributed by atoms with van der Waals surface area (Å²) in [4.78, 5) is 30.4. The predicted octanol–water partition coefficient (Wildman–Crippen LogP) is 2.23. The zero-order chi connectivity index (χ0) is 17.3. The molecule has 1 aromatic heterocycles. The lowest BCUT2D eigenvalue weighted by Gasteiger charge is -2.26. The lowest BCUT2D eigenvalue weighted by molar-refractivity contribution is -0.135. The van der Waals surface area contributed by atoms with Gasteiger partial charge in [0, 0.05) is 29.8 Å². The van der Waals surface area contributed by atoms with Gasteiger partial charge in [-0.2, -0.15) is 0 Å². The molecule has 1 aliphatic carbocycles. The molecule has 2 aliphatic heterocycles. The Labute approximate surface area is 153 Å². The van der Waals surface area contributed by atoms with Gasteiger partial charge in [-0.15, -0.1) is 11.3 Å². The normalized spacial score (nSPS) is 25.5. The third-order valence-corrected chi connectivity index (χ3v) is 6.75. The Kier molecular flexibility index (Phi) is 4.82. The zero-order valence-electron chi connectivity index (χ0n) is 14.7. The van der Waals surface area contributed by atoms with Crippen LogP contribution in [0.15, 0.2) is 17.5 Å². The van der Waals surface area contributed by atoms with Crippen molar-refractivity contribution in [1.82, 2.24) is 15.1 Å². The fourth-order valence-corrected chi connectivity index (χ4v) is 4.85. The maximum Gasteiger partial charge on any atom is 0.242 e. The van der Waals surface area contributed by atoms with Gasteiger partial charge in [0.05, 0.1) is 6.54 Å². The molecule has 0 aromatic carbocycles. The van der Waals surface area contributed by atoms with E-state index in [0.717, 1.165) is 18.0 Å². The van der Waals surface area contributed by atoms with E-state index < -0.39 is 0 Å². The highest BCUT2D eigenvalue weighted by Gasteiger charge is 2.45. The smallest absolute Gasteiger partial charge is 0.242 e. The van der Waals surface area contributed by atoms with Gasteiger partial charge in [0.15, 0.2) is 0 Å². The largest absolute Gasteiger partial charge is 0.354 e. The maximum atomic E-state index is 12.7. The first-order valence-corrected chi connectivity index (χ1v) is 10.4. The van der Waals surface area contributed by atoms with E-state index in [4.69, 9.17) is 0 Å². The minimum Gasteiger partial charge on any atom is -0.354 e. The van der Waals surface area contributed by atoms with Gasteiger partial charge in [-0.1, -0.05) is 6.07 Å². The van der Waals surface area contributed by atoms with Gasteiger partial charge >= 0.3 is 0 Å². The highest BCUT2D eigenvalue weighted by atomic mass is 32.1. The van der Waals surface area contributed by atoms with E-state index in [9.17, 15) is 9.59 Å². The van der Waals surface area contributed by atoms with Crippen molar-refractivity contribution < 1.29 is 9.59 Å². The summed E-state index contributed by atoms with van der Waals surface area (Å²) in [5.41, 5.74) is 0.293. The molecular formula is C19H27N3O2S. The zero-order valence-corrected chi connectivity index (χ0v) is 15.5. The highest BCUT2D eigenvalue weighted by Crippen LogP contribution is 2.46. The van der Waals surface area contributed by atoms with Gasteiger partial charge in [0.2, 0.25) is 11.8 Å². The molecular weight excluding hydrogens is 334 g/mol. The van der Waals surface area contributed by atoms with Crippen LogP contribution in [-0.4, -0.2) is 53.8 Å². The third-order valence-electron chi connectivity index (χ3n) is 5.89. The molecule has 2 saturated heterocycles. The van der Waals surface area contributed by atoms with E-state index >= 15 is 0 Å². The number of hydrogen-bond acceptors (Lipinski definition) is 4. The summed E-state index contributed by atoms with van der Waals surface area (Å²) in [6.07, 6.45) is 6.19. The molecule has 5 nitrogen and oxygen atoms in total. The summed E-state index contributed by atoms with van der Waals surface area (Å²) in [5, 5.41) is 5.19. The third kappa shape index (κ3) is 3.90. The number of nitrogens with zero attached hydrogens (tertiary/aromatic N) is 2. The van der Waals surface area contributed by atoms with Crippen LogP contribution in [0.2, 0.25) is 0 Å². The Morgan fingerprint density at radius 3 is 2.80 bits per heavy atom. The fraction of sp³-hybridized carbons (Fsp3) is 0.684. The van der Waals surface area contributed by atoms with Gasteiger partial charge in [-0.05, 0) is 56.6 Å². The molecule has 3 fully saturated rings. The van der Waals surface area contributed by atoms with E-state index in [0.29, 0.717) is 24.8 Å². The van der Waals surface area contributed by atoms with Crippen LogP contribution in [-0.2, 0) is 16.1 Å². The topological polar surface area (TPSA) is 52.7 Å². The summed E-state index contributed by atoms with van der Waals surface area (Å²) in [5.74, 6) is 0.141. The minimum atomic E-state index is -0.294. The number of amides is 2. The van der Waals surface area contributed by atoms with Crippen LogP contribution in [0.1, 0.15) is 43.4 Å². The predicted molar refractivity (Wildman–Crippen MR) is 98.2 cm³/mol. The molecule has 4 rings (SSSR count). The molecule has 25 heavy (non-hydrogen) atoms. The number of likely N-dealkylation sites (tertiary alicyclic amines) is 2. The van der Waals surface area contributed by atoms with Crippen LogP contribution in [0.25, 0.3) is 0 Å². The van der Waals surface area contributed by atoms with E-state index in [-0.39, 0.29) is 17.9 Å². The van der Waals surface area contributed by atoms with Gasteiger partial charge in [0.1, 0.15) is 6.04 Å². The second-order valence-corrected chi connectivity index (χ2v) is 8.89. The fourth-order valence-electron chi connectivity index (χ4n) is 4.15. The number of nitrogens with one attached hydrogen (secondary N) is 1. The molecule has 1 N–H and O–H groups in total. The van der Waals surface area contributed by atoms with E-state index in [2.05, 4.69) is 10.2 Å². The van der Waals surface area contributed by atoms with E-state index in [1.54, 1.807) is 16.2 Å². The molecule has 0 radical (unpaired) electrons. The Morgan fingerprint density at radius 1 is 1.32 bits per heavy atom. The van der Waals surface area contributed by atoms with Crippen LogP contribution in [0.5, 0.6) is 0 Å². The van der Waals surface area contributed by atoms with Crippen molar-refractivity contribution >= 4 is 23.2 Å². The van der Waals surface area contributed by atoms with Gasteiger partial charge in [-0.3, -0.25) is 9.59 Å². The second kappa shape index (κ2) is 7.08. The monoisotopic (exact) mass is 361 g/mol. The lowest BCUT2D eigenvalue weighted by Crippen LogP contribution is -2.46.